The number of sulfonamides is 1. The third-order valence-electron chi connectivity index (χ3n) is 3.50. The topological polar surface area (TPSA) is 66.5 Å². The number of nitrogens with zero attached hydrogens (tertiary/aromatic N) is 1. The molecule has 0 heterocycles. The standard InChI is InChI=1S/C17H18F2N2O3S/c1-3-16(17(22)20-14-6-4-5-13(19)11-14)21(25(2,23)24)15-9-7-12(18)8-10-15/h4-11,16H,3H2,1-2H3,(H,20,22). The van der Waals surface area contributed by atoms with Gasteiger partial charge < -0.3 is 5.32 Å². The second-order valence-electron chi connectivity index (χ2n) is 5.46. The normalized spacial score (nSPS) is 12.5. The van der Waals surface area contributed by atoms with Crippen molar-refractivity contribution >= 4 is 27.3 Å². The Kier molecular flexibility index (Phi) is 5.73. The Morgan fingerprint density at radius 2 is 1.76 bits per heavy atom. The number of hydrogen-bond acceptors (Lipinski definition) is 3. The van der Waals surface area contributed by atoms with Crippen LogP contribution in [0.2, 0.25) is 0 Å². The Bertz CT molecular complexity index is 854. The maximum absolute atomic E-state index is 13.3. The highest BCUT2D eigenvalue weighted by molar-refractivity contribution is 7.92. The van der Waals surface area contributed by atoms with Gasteiger partial charge in [-0.15, -0.1) is 0 Å². The molecule has 1 N–H and O–H groups in total. The van der Waals surface area contributed by atoms with Crippen LogP contribution in [0.25, 0.3) is 0 Å². The molecule has 0 radical (unpaired) electrons. The lowest BCUT2D eigenvalue weighted by Gasteiger charge is -2.30. The van der Waals surface area contributed by atoms with Gasteiger partial charge in [-0.1, -0.05) is 13.0 Å². The van der Waals surface area contributed by atoms with Crippen molar-refractivity contribution in [3.8, 4) is 0 Å². The zero-order valence-corrected chi connectivity index (χ0v) is 14.6. The predicted molar refractivity (Wildman–Crippen MR) is 92.8 cm³/mol. The second-order valence-corrected chi connectivity index (χ2v) is 7.32. The zero-order chi connectivity index (χ0) is 18.6. The van der Waals surface area contributed by atoms with Gasteiger partial charge in [0, 0.05) is 5.69 Å². The molecule has 0 aliphatic carbocycles. The van der Waals surface area contributed by atoms with Crippen molar-refractivity contribution in [1.29, 1.82) is 0 Å². The Hall–Kier alpha value is -2.48. The fourth-order valence-electron chi connectivity index (χ4n) is 2.44. The lowest BCUT2D eigenvalue weighted by molar-refractivity contribution is -0.117. The van der Waals surface area contributed by atoms with E-state index in [1.54, 1.807) is 6.92 Å². The molecule has 0 aliphatic rings. The summed E-state index contributed by atoms with van der Waals surface area (Å²) in [4.78, 5) is 12.6. The summed E-state index contributed by atoms with van der Waals surface area (Å²) in [6.07, 6.45) is 1.14. The van der Waals surface area contributed by atoms with Gasteiger partial charge in [-0.05, 0) is 48.9 Å². The van der Waals surface area contributed by atoms with Crippen LogP contribution in [0.1, 0.15) is 13.3 Å². The van der Waals surface area contributed by atoms with E-state index in [2.05, 4.69) is 5.32 Å². The third-order valence-corrected chi connectivity index (χ3v) is 4.68. The molecule has 8 heteroatoms. The van der Waals surface area contributed by atoms with Crippen LogP contribution < -0.4 is 9.62 Å². The van der Waals surface area contributed by atoms with Gasteiger partial charge in [0.25, 0.3) is 0 Å². The third kappa shape index (κ3) is 4.76. The van der Waals surface area contributed by atoms with Crippen LogP contribution in [0.3, 0.4) is 0 Å². The first-order valence-corrected chi connectivity index (χ1v) is 9.38. The first-order valence-electron chi connectivity index (χ1n) is 7.53. The molecule has 0 aliphatic heterocycles. The van der Waals surface area contributed by atoms with Crippen LogP contribution >= 0.6 is 0 Å². The van der Waals surface area contributed by atoms with E-state index in [-0.39, 0.29) is 17.8 Å². The van der Waals surface area contributed by atoms with Gasteiger partial charge in [0.1, 0.15) is 17.7 Å². The molecule has 25 heavy (non-hydrogen) atoms. The van der Waals surface area contributed by atoms with E-state index in [9.17, 15) is 22.0 Å². The number of carbonyl (C=O) groups is 1. The van der Waals surface area contributed by atoms with E-state index in [0.717, 1.165) is 28.8 Å². The van der Waals surface area contributed by atoms with E-state index in [1.807, 2.05) is 0 Å². The van der Waals surface area contributed by atoms with Gasteiger partial charge in [-0.2, -0.15) is 0 Å². The highest BCUT2D eigenvalue weighted by Crippen LogP contribution is 2.23. The minimum absolute atomic E-state index is 0.171. The van der Waals surface area contributed by atoms with E-state index in [4.69, 9.17) is 0 Å². The minimum Gasteiger partial charge on any atom is -0.324 e. The average Bonchev–Trinajstić information content (AvgIpc) is 2.52. The molecule has 1 amide bonds. The minimum atomic E-state index is -3.81. The number of hydrogen-bond donors (Lipinski definition) is 1. The molecular weight excluding hydrogens is 350 g/mol. The highest BCUT2D eigenvalue weighted by Gasteiger charge is 2.31. The van der Waals surface area contributed by atoms with Crippen LogP contribution in [0.4, 0.5) is 20.2 Å². The first kappa shape index (κ1) is 18.9. The van der Waals surface area contributed by atoms with Gasteiger partial charge in [-0.25, -0.2) is 17.2 Å². The summed E-state index contributed by atoms with van der Waals surface area (Å²) < 4.78 is 51.8. The molecule has 2 aromatic rings. The number of anilines is 2. The maximum Gasteiger partial charge on any atom is 0.248 e. The van der Waals surface area contributed by atoms with Crippen molar-refractivity contribution in [3.63, 3.8) is 0 Å². The summed E-state index contributed by atoms with van der Waals surface area (Å²) in [5, 5.41) is 2.51. The summed E-state index contributed by atoms with van der Waals surface area (Å²) in [6.45, 7) is 1.65. The van der Waals surface area contributed by atoms with E-state index in [1.165, 1.54) is 30.3 Å². The van der Waals surface area contributed by atoms with E-state index in [0.29, 0.717) is 0 Å². The second kappa shape index (κ2) is 7.60. The first-order chi connectivity index (χ1) is 11.7. The van der Waals surface area contributed by atoms with Crippen molar-refractivity contribution in [1.82, 2.24) is 0 Å². The fraction of sp³-hybridized carbons (Fsp3) is 0.235. The van der Waals surface area contributed by atoms with Crippen molar-refractivity contribution in [2.75, 3.05) is 15.9 Å². The number of nitrogens with one attached hydrogen (secondary N) is 1. The van der Waals surface area contributed by atoms with E-state index < -0.39 is 33.6 Å². The monoisotopic (exact) mass is 368 g/mol. The predicted octanol–water partition coefficient (Wildman–Crippen LogP) is 3.15. The number of rotatable bonds is 6. The average molecular weight is 368 g/mol. The molecule has 134 valence electrons. The van der Waals surface area contributed by atoms with Gasteiger partial charge in [0.2, 0.25) is 15.9 Å². The van der Waals surface area contributed by atoms with Gasteiger partial charge in [-0.3, -0.25) is 9.10 Å². The van der Waals surface area contributed by atoms with Gasteiger partial charge in [0.05, 0.1) is 11.9 Å². The highest BCUT2D eigenvalue weighted by atomic mass is 32.2. The number of amides is 1. The molecule has 0 fully saturated rings. The lowest BCUT2D eigenvalue weighted by Crippen LogP contribution is -2.47. The quantitative estimate of drug-likeness (QED) is 0.852. The van der Waals surface area contributed by atoms with Crippen molar-refractivity contribution < 1.29 is 22.0 Å². The summed E-state index contributed by atoms with van der Waals surface area (Å²) in [5.74, 6) is -1.65. The molecule has 0 saturated carbocycles. The molecule has 0 bridgehead atoms. The molecule has 0 spiro atoms. The van der Waals surface area contributed by atoms with Crippen LogP contribution in [-0.4, -0.2) is 26.6 Å². The lowest BCUT2D eigenvalue weighted by atomic mass is 10.1. The molecule has 5 nitrogen and oxygen atoms in total. The van der Waals surface area contributed by atoms with Crippen LogP contribution in [-0.2, 0) is 14.8 Å². The molecular formula is C17H18F2N2O3S. The summed E-state index contributed by atoms with van der Waals surface area (Å²) >= 11 is 0. The molecule has 0 saturated heterocycles. The van der Waals surface area contributed by atoms with Crippen molar-refractivity contribution in [2.24, 2.45) is 0 Å². The summed E-state index contributed by atoms with van der Waals surface area (Å²) in [5.41, 5.74) is 0.390. The van der Waals surface area contributed by atoms with Gasteiger partial charge >= 0.3 is 0 Å². The smallest absolute Gasteiger partial charge is 0.248 e. The number of halogens is 2. The molecule has 1 atom stereocenters. The largest absolute Gasteiger partial charge is 0.324 e. The molecule has 2 aromatic carbocycles. The van der Waals surface area contributed by atoms with Crippen molar-refractivity contribution in [2.45, 2.75) is 19.4 Å². The number of benzene rings is 2. The SMILES string of the molecule is CCC(C(=O)Nc1cccc(F)c1)N(c1ccc(F)cc1)S(C)(=O)=O. The Morgan fingerprint density at radius 3 is 2.28 bits per heavy atom. The summed E-state index contributed by atoms with van der Waals surface area (Å²) in [6, 6.07) is 9.03. The van der Waals surface area contributed by atoms with Crippen LogP contribution in [0.5, 0.6) is 0 Å². The number of carbonyl (C=O) groups excluding carboxylic acids is 1. The molecule has 2 rings (SSSR count). The van der Waals surface area contributed by atoms with Gasteiger partial charge in [0.15, 0.2) is 0 Å². The fourth-order valence-corrected chi connectivity index (χ4v) is 3.65. The zero-order valence-electron chi connectivity index (χ0n) is 13.7. The Balaban J connectivity index is 2.36. The Labute approximate surface area is 145 Å². The van der Waals surface area contributed by atoms with E-state index >= 15 is 0 Å². The maximum atomic E-state index is 13.3. The molecule has 1 unspecified atom stereocenters. The van der Waals surface area contributed by atoms with Crippen LogP contribution in [0.15, 0.2) is 48.5 Å². The van der Waals surface area contributed by atoms with Crippen molar-refractivity contribution in [3.05, 3.63) is 60.2 Å². The Morgan fingerprint density at radius 1 is 1.12 bits per heavy atom. The summed E-state index contributed by atoms with van der Waals surface area (Å²) in [7, 11) is -3.81. The molecule has 0 aromatic heterocycles. The van der Waals surface area contributed by atoms with Crippen LogP contribution in [0, 0.1) is 11.6 Å².